The average Bonchev–Trinajstić information content (AvgIpc) is 2.47. The van der Waals surface area contributed by atoms with Gasteiger partial charge in [0.15, 0.2) is 0 Å². The van der Waals surface area contributed by atoms with Gasteiger partial charge in [0, 0.05) is 0 Å². The highest BCUT2D eigenvalue weighted by Gasteiger charge is 2.34. The smallest absolute Gasteiger partial charge is 0.433 e. The molecule has 1 saturated carbocycles. The van der Waals surface area contributed by atoms with Crippen molar-refractivity contribution in [3.05, 3.63) is 23.4 Å². The maximum absolute atomic E-state index is 12.6. The predicted octanol–water partition coefficient (Wildman–Crippen LogP) is 3.88. The van der Waals surface area contributed by atoms with Gasteiger partial charge in [-0.15, -0.1) is 0 Å². The minimum Gasteiger partial charge on any atom is -0.473 e. The Kier molecular flexibility index (Phi) is 4.66. The van der Waals surface area contributed by atoms with Crippen molar-refractivity contribution in [3.63, 3.8) is 0 Å². The Bertz CT molecular complexity index is 531. The summed E-state index contributed by atoms with van der Waals surface area (Å²) in [6, 6.07) is 3.58. The maximum atomic E-state index is 12.6. The minimum atomic E-state index is -4.59. The van der Waals surface area contributed by atoms with Crippen LogP contribution in [-0.4, -0.2) is 17.8 Å². The Morgan fingerprint density at radius 3 is 2.43 bits per heavy atom. The van der Waals surface area contributed by atoms with E-state index in [1.807, 2.05) is 0 Å². The molecule has 2 rings (SSSR count). The monoisotopic (exact) mass is 302 g/mol. The predicted molar refractivity (Wildman–Crippen MR) is 66.3 cm³/mol. The third-order valence-electron chi connectivity index (χ3n) is 3.56. The van der Waals surface area contributed by atoms with Crippen molar-refractivity contribution < 1.29 is 22.3 Å². The van der Waals surface area contributed by atoms with Gasteiger partial charge in [0.1, 0.15) is 23.4 Å². The molecule has 21 heavy (non-hydrogen) atoms. The van der Waals surface area contributed by atoms with E-state index in [2.05, 4.69) is 4.98 Å². The number of nitrogens with zero attached hydrogens (tertiary/aromatic N) is 2. The zero-order valence-electron chi connectivity index (χ0n) is 11.2. The molecule has 0 aliphatic heterocycles. The molecular formula is C14H14F4N2O. The molecule has 1 fully saturated rings. The number of rotatable bonds is 3. The number of hydrogen-bond donors (Lipinski definition) is 0. The largest absolute Gasteiger partial charge is 0.473 e. The fourth-order valence-corrected chi connectivity index (χ4v) is 2.34. The summed E-state index contributed by atoms with van der Waals surface area (Å²) in [7, 11) is 0. The van der Waals surface area contributed by atoms with E-state index in [-0.39, 0.29) is 23.5 Å². The SMILES string of the molecule is N#Cc1ccc(C(F)(F)F)nc1OC1CCC(CF)CC1. The van der Waals surface area contributed by atoms with Crippen LogP contribution in [0.15, 0.2) is 12.1 Å². The summed E-state index contributed by atoms with van der Waals surface area (Å²) in [6.07, 6.45) is -2.55. The van der Waals surface area contributed by atoms with Gasteiger partial charge in [0.25, 0.3) is 0 Å². The van der Waals surface area contributed by atoms with Crippen molar-refractivity contribution in [2.45, 2.75) is 38.0 Å². The van der Waals surface area contributed by atoms with Gasteiger partial charge in [0.2, 0.25) is 5.88 Å². The van der Waals surface area contributed by atoms with E-state index < -0.39 is 18.5 Å². The third kappa shape index (κ3) is 3.84. The van der Waals surface area contributed by atoms with Crippen LogP contribution in [-0.2, 0) is 6.18 Å². The van der Waals surface area contributed by atoms with Crippen molar-refractivity contribution in [2.75, 3.05) is 6.67 Å². The third-order valence-corrected chi connectivity index (χ3v) is 3.56. The van der Waals surface area contributed by atoms with Crippen LogP contribution in [0.1, 0.15) is 36.9 Å². The number of nitriles is 1. The molecule has 114 valence electrons. The first-order valence-electron chi connectivity index (χ1n) is 6.65. The number of pyridine rings is 1. The lowest BCUT2D eigenvalue weighted by Crippen LogP contribution is -2.26. The quantitative estimate of drug-likeness (QED) is 0.796. The minimum absolute atomic E-state index is 0.00486. The van der Waals surface area contributed by atoms with Crippen molar-refractivity contribution in [1.82, 2.24) is 4.98 Å². The Hall–Kier alpha value is -1.84. The maximum Gasteiger partial charge on any atom is 0.433 e. The topological polar surface area (TPSA) is 45.9 Å². The standard InChI is InChI=1S/C14H14F4N2O/c15-7-9-1-4-11(5-2-9)21-13-10(8-19)3-6-12(20-13)14(16,17)18/h3,6,9,11H,1-2,4-5,7H2. The number of ether oxygens (including phenoxy) is 1. The molecule has 3 nitrogen and oxygen atoms in total. The highest BCUT2D eigenvalue weighted by atomic mass is 19.4. The molecule has 0 N–H and O–H groups in total. The Balaban J connectivity index is 2.13. The zero-order chi connectivity index (χ0) is 15.5. The van der Waals surface area contributed by atoms with Crippen LogP contribution in [0.2, 0.25) is 0 Å². The highest BCUT2D eigenvalue weighted by molar-refractivity contribution is 5.39. The summed E-state index contributed by atoms with van der Waals surface area (Å²) in [5, 5.41) is 8.92. The van der Waals surface area contributed by atoms with Crippen molar-refractivity contribution in [3.8, 4) is 11.9 Å². The molecule has 0 saturated heterocycles. The fourth-order valence-electron chi connectivity index (χ4n) is 2.34. The number of alkyl halides is 4. The summed E-state index contributed by atoms with van der Waals surface area (Å²) in [5.41, 5.74) is -1.12. The second-order valence-corrected chi connectivity index (χ2v) is 5.07. The fraction of sp³-hybridized carbons (Fsp3) is 0.571. The first-order valence-corrected chi connectivity index (χ1v) is 6.65. The lowest BCUT2D eigenvalue weighted by atomic mass is 9.88. The Morgan fingerprint density at radius 1 is 1.24 bits per heavy atom. The van der Waals surface area contributed by atoms with Gasteiger partial charge < -0.3 is 4.74 Å². The molecule has 7 heteroatoms. The molecule has 1 aromatic rings. The van der Waals surface area contributed by atoms with Gasteiger partial charge >= 0.3 is 6.18 Å². The van der Waals surface area contributed by atoms with E-state index in [0.717, 1.165) is 12.1 Å². The van der Waals surface area contributed by atoms with Crippen molar-refractivity contribution >= 4 is 0 Å². The van der Waals surface area contributed by atoms with E-state index in [0.29, 0.717) is 25.7 Å². The van der Waals surface area contributed by atoms with Crippen molar-refractivity contribution in [1.29, 1.82) is 5.26 Å². The van der Waals surface area contributed by atoms with Gasteiger partial charge in [-0.05, 0) is 43.7 Å². The van der Waals surface area contributed by atoms with Gasteiger partial charge in [0.05, 0.1) is 6.67 Å². The Morgan fingerprint density at radius 2 is 1.90 bits per heavy atom. The molecule has 0 amide bonds. The molecule has 0 spiro atoms. The highest BCUT2D eigenvalue weighted by Crippen LogP contribution is 2.32. The van der Waals surface area contributed by atoms with Crippen molar-refractivity contribution in [2.24, 2.45) is 5.92 Å². The summed E-state index contributed by atoms with van der Waals surface area (Å²) < 4.78 is 55.9. The molecule has 0 bridgehead atoms. The molecule has 1 aliphatic carbocycles. The van der Waals surface area contributed by atoms with Crippen LogP contribution in [0.4, 0.5) is 17.6 Å². The van der Waals surface area contributed by atoms with Gasteiger partial charge in [-0.25, -0.2) is 4.98 Å². The van der Waals surface area contributed by atoms with Gasteiger partial charge in [-0.1, -0.05) is 0 Å². The van der Waals surface area contributed by atoms with E-state index in [1.54, 1.807) is 6.07 Å². The first-order chi connectivity index (χ1) is 9.94. The number of aromatic nitrogens is 1. The molecule has 0 unspecified atom stereocenters. The van der Waals surface area contributed by atoms with Crippen LogP contribution in [0.25, 0.3) is 0 Å². The average molecular weight is 302 g/mol. The molecule has 1 aliphatic rings. The van der Waals surface area contributed by atoms with Crippen LogP contribution < -0.4 is 4.74 Å². The molecule has 0 aromatic carbocycles. The molecule has 0 atom stereocenters. The van der Waals surface area contributed by atoms with Crippen LogP contribution in [0, 0.1) is 17.2 Å². The molecule has 1 aromatic heterocycles. The summed E-state index contributed by atoms with van der Waals surface area (Å²) >= 11 is 0. The Labute approximate surface area is 119 Å². The lowest BCUT2D eigenvalue weighted by Gasteiger charge is -2.27. The first kappa shape index (κ1) is 15.5. The molecule has 0 radical (unpaired) electrons. The summed E-state index contributed by atoms with van der Waals surface area (Å²) in [6.45, 7) is -0.391. The van der Waals surface area contributed by atoms with E-state index in [1.165, 1.54) is 0 Å². The lowest BCUT2D eigenvalue weighted by molar-refractivity contribution is -0.141. The normalized spacial score (nSPS) is 22.6. The number of hydrogen-bond acceptors (Lipinski definition) is 3. The second-order valence-electron chi connectivity index (χ2n) is 5.07. The molecule has 1 heterocycles. The van der Waals surface area contributed by atoms with Crippen LogP contribution in [0.5, 0.6) is 5.88 Å². The van der Waals surface area contributed by atoms with E-state index in [9.17, 15) is 17.6 Å². The second kappa shape index (κ2) is 6.29. The van der Waals surface area contributed by atoms with E-state index >= 15 is 0 Å². The molecular weight excluding hydrogens is 288 g/mol. The van der Waals surface area contributed by atoms with Crippen LogP contribution >= 0.6 is 0 Å². The van der Waals surface area contributed by atoms with E-state index in [4.69, 9.17) is 10.00 Å². The summed E-state index contributed by atoms with van der Waals surface area (Å²) in [4.78, 5) is 3.40. The summed E-state index contributed by atoms with van der Waals surface area (Å²) in [5.74, 6) is -0.300. The van der Waals surface area contributed by atoms with Gasteiger partial charge in [-0.3, -0.25) is 4.39 Å². The number of halogens is 4. The van der Waals surface area contributed by atoms with Gasteiger partial charge in [-0.2, -0.15) is 18.4 Å². The van der Waals surface area contributed by atoms with Crippen LogP contribution in [0.3, 0.4) is 0 Å². The zero-order valence-corrected chi connectivity index (χ0v) is 11.2.